The summed E-state index contributed by atoms with van der Waals surface area (Å²) in [5.74, 6) is 0.987. The van der Waals surface area contributed by atoms with Crippen molar-refractivity contribution >= 4 is 29.3 Å². The topological polar surface area (TPSA) is 9.23 Å². The van der Waals surface area contributed by atoms with E-state index in [2.05, 4.69) is 73.4 Å². The van der Waals surface area contributed by atoms with E-state index >= 15 is 0 Å². The summed E-state index contributed by atoms with van der Waals surface area (Å²) in [6, 6.07) is 23.4. The van der Waals surface area contributed by atoms with Gasteiger partial charge in [-0.05, 0) is 36.7 Å². The van der Waals surface area contributed by atoms with Crippen molar-refractivity contribution in [2.45, 2.75) is 0 Å². The van der Waals surface area contributed by atoms with E-state index in [1.165, 1.54) is 21.4 Å². The van der Waals surface area contributed by atoms with Crippen molar-refractivity contribution in [1.82, 2.24) is 0 Å². The van der Waals surface area contributed by atoms with Gasteiger partial charge in [-0.2, -0.15) is 0 Å². The summed E-state index contributed by atoms with van der Waals surface area (Å²) in [7, 11) is 1.33. The Balaban J connectivity index is 2.23. The van der Waals surface area contributed by atoms with Crippen LogP contribution in [0.4, 0.5) is 0 Å². The van der Waals surface area contributed by atoms with Crippen LogP contribution in [0.5, 0.6) is 5.75 Å². The van der Waals surface area contributed by atoms with Crippen LogP contribution in [0.1, 0.15) is 0 Å². The summed E-state index contributed by atoms with van der Waals surface area (Å²) < 4.78 is 5.61. The zero-order chi connectivity index (χ0) is 13.9. The second kappa shape index (κ2) is 5.64. The van der Waals surface area contributed by atoms with Gasteiger partial charge in [0.1, 0.15) is 5.75 Å². The Morgan fingerprint density at radius 1 is 0.800 bits per heavy atom. The number of methoxy groups -OCH3 is 1. The molecular weight excluding hydrogens is 263 g/mol. The van der Waals surface area contributed by atoms with Crippen LogP contribution >= 0.6 is 7.92 Å². The highest BCUT2D eigenvalue weighted by Crippen LogP contribution is 2.36. The number of fused-ring (bicyclic) bond motifs is 1. The minimum atomic E-state index is -0.422. The Kier molecular flexibility index (Phi) is 3.71. The van der Waals surface area contributed by atoms with Gasteiger partial charge in [0.25, 0.3) is 0 Å². The van der Waals surface area contributed by atoms with Gasteiger partial charge in [-0.15, -0.1) is 0 Å². The van der Waals surface area contributed by atoms with E-state index in [0.29, 0.717) is 0 Å². The summed E-state index contributed by atoms with van der Waals surface area (Å²) in [6.07, 6.45) is 0. The fourth-order valence-corrected chi connectivity index (χ4v) is 4.47. The van der Waals surface area contributed by atoms with E-state index in [-0.39, 0.29) is 0 Å². The molecule has 20 heavy (non-hydrogen) atoms. The number of rotatable bonds is 3. The van der Waals surface area contributed by atoms with Crippen LogP contribution in [0, 0.1) is 0 Å². The highest BCUT2D eigenvalue weighted by Gasteiger charge is 2.16. The molecule has 1 atom stereocenters. The van der Waals surface area contributed by atoms with Gasteiger partial charge in [-0.3, -0.25) is 0 Å². The van der Waals surface area contributed by atoms with Crippen LogP contribution in [0.2, 0.25) is 0 Å². The third kappa shape index (κ3) is 2.30. The zero-order valence-electron chi connectivity index (χ0n) is 11.7. The average Bonchev–Trinajstić information content (AvgIpc) is 2.54. The first-order chi connectivity index (χ1) is 9.81. The molecule has 0 aliphatic rings. The van der Waals surface area contributed by atoms with Gasteiger partial charge in [0.2, 0.25) is 0 Å². The van der Waals surface area contributed by atoms with E-state index < -0.39 is 7.92 Å². The molecule has 0 N–H and O–H groups in total. The molecule has 0 aromatic heterocycles. The van der Waals surface area contributed by atoms with Crippen molar-refractivity contribution < 1.29 is 4.74 Å². The highest BCUT2D eigenvalue weighted by atomic mass is 31.1. The monoisotopic (exact) mass is 280 g/mol. The van der Waals surface area contributed by atoms with Gasteiger partial charge >= 0.3 is 0 Å². The Morgan fingerprint density at radius 3 is 2.25 bits per heavy atom. The van der Waals surface area contributed by atoms with Crippen molar-refractivity contribution in [3.63, 3.8) is 0 Å². The Bertz CT molecular complexity index is 722. The van der Waals surface area contributed by atoms with E-state index in [9.17, 15) is 0 Å². The third-order valence-corrected chi connectivity index (χ3v) is 5.77. The lowest BCUT2D eigenvalue weighted by molar-refractivity contribution is 0.419. The second-order valence-corrected chi connectivity index (χ2v) is 6.81. The minimum Gasteiger partial charge on any atom is -0.496 e. The number of hydrogen-bond acceptors (Lipinski definition) is 1. The van der Waals surface area contributed by atoms with Crippen molar-refractivity contribution in [1.29, 1.82) is 0 Å². The van der Waals surface area contributed by atoms with E-state index in [4.69, 9.17) is 4.74 Å². The van der Waals surface area contributed by atoms with Crippen LogP contribution < -0.4 is 15.3 Å². The Labute approximate surface area is 121 Å². The normalized spacial score (nSPS) is 12.3. The number of ether oxygens (including phenoxy) is 1. The van der Waals surface area contributed by atoms with Crippen molar-refractivity contribution in [3.8, 4) is 5.75 Å². The third-order valence-electron chi connectivity index (χ3n) is 3.56. The smallest absolute Gasteiger partial charge is 0.127 e. The molecule has 0 heterocycles. The molecule has 0 saturated heterocycles. The Morgan fingerprint density at radius 2 is 1.50 bits per heavy atom. The first-order valence-electron chi connectivity index (χ1n) is 6.66. The first kappa shape index (κ1) is 13.1. The Hall–Kier alpha value is -1.85. The fourth-order valence-electron chi connectivity index (χ4n) is 2.53. The first-order valence-corrected chi connectivity index (χ1v) is 8.44. The predicted molar refractivity (Wildman–Crippen MR) is 89.1 cm³/mol. The average molecular weight is 280 g/mol. The van der Waals surface area contributed by atoms with Gasteiger partial charge in [-0.25, -0.2) is 0 Å². The minimum absolute atomic E-state index is 0.422. The molecule has 3 rings (SSSR count). The molecule has 0 amide bonds. The van der Waals surface area contributed by atoms with Gasteiger partial charge in [0, 0.05) is 5.30 Å². The molecule has 0 saturated carbocycles. The molecule has 0 spiro atoms. The molecule has 0 radical (unpaired) electrons. The predicted octanol–water partition coefficient (Wildman–Crippen LogP) is 3.91. The molecule has 1 nitrogen and oxygen atoms in total. The van der Waals surface area contributed by atoms with Gasteiger partial charge < -0.3 is 4.74 Å². The van der Waals surface area contributed by atoms with E-state index in [1.807, 2.05) is 0 Å². The SMILES string of the molecule is COc1ccc2ccccc2c1P(C)c1ccccc1. The molecule has 1 unspecified atom stereocenters. The van der Waals surface area contributed by atoms with Gasteiger partial charge in [0.15, 0.2) is 0 Å². The van der Waals surface area contributed by atoms with E-state index in [1.54, 1.807) is 7.11 Å². The van der Waals surface area contributed by atoms with Crippen molar-refractivity contribution in [3.05, 3.63) is 66.7 Å². The lowest BCUT2D eigenvalue weighted by atomic mass is 10.1. The molecule has 0 aliphatic heterocycles. The highest BCUT2D eigenvalue weighted by molar-refractivity contribution is 7.73. The largest absolute Gasteiger partial charge is 0.496 e. The molecule has 3 aromatic rings. The van der Waals surface area contributed by atoms with Crippen molar-refractivity contribution in [2.75, 3.05) is 13.8 Å². The lowest BCUT2D eigenvalue weighted by Gasteiger charge is -2.19. The summed E-state index contributed by atoms with van der Waals surface area (Å²) in [5.41, 5.74) is 0. The molecule has 0 aliphatic carbocycles. The van der Waals surface area contributed by atoms with Crippen LogP contribution in [0.25, 0.3) is 10.8 Å². The molecule has 100 valence electrons. The van der Waals surface area contributed by atoms with Crippen LogP contribution in [-0.2, 0) is 0 Å². The molecule has 0 fully saturated rings. The van der Waals surface area contributed by atoms with Crippen LogP contribution in [-0.4, -0.2) is 13.8 Å². The second-order valence-electron chi connectivity index (χ2n) is 4.73. The molecule has 2 heteroatoms. The maximum absolute atomic E-state index is 5.61. The summed E-state index contributed by atoms with van der Waals surface area (Å²) in [5, 5.41) is 5.27. The maximum Gasteiger partial charge on any atom is 0.127 e. The zero-order valence-corrected chi connectivity index (χ0v) is 12.6. The van der Waals surface area contributed by atoms with Crippen LogP contribution in [0.3, 0.4) is 0 Å². The fraction of sp³-hybridized carbons (Fsp3) is 0.111. The molecule has 3 aromatic carbocycles. The lowest BCUT2D eigenvalue weighted by Crippen LogP contribution is -2.14. The number of hydrogen-bond donors (Lipinski definition) is 0. The van der Waals surface area contributed by atoms with E-state index in [0.717, 1.165) is 5.75 Å². The number of benzene rings is 3. The maximum atomic E-state index is 5.61. The summed E-state index contributed by atoms with van der Waals surface area (Å²) >= 11 is 0. The summed E-state index contributed by atoms with van der Waals surface area (Å²) in [6.45, 7) is 2.30. The van der Waals surface area contributed by atoms with Gasteiger partial charge in [0.05, 0.1) is 7.11 Å². The molecular formula is C18H17OP. The summed E-state index contributed by atoms with van der Waals surface area (Å²) in [4.78, 5) is 0. The molecule has 0 bridgehead atoms. The standard InChI is InChI=1S/C18H17OP/c1-19-17-13-12-14-8-6-7-11-16(14)18(17)20(2)15-9-4-3-5-10-15/h3-13H,1-2H3. The van der Waals surface area contributed by atoms with Crippen LogP contribution in [0.15, 0.2) is 66.7 Å². The van der Waals surface area contributed by atoms with Crippen molar-refractivity contribution in [2.24, 2.45) is 0 Å². The quantitative estimate of drug-likeness (QED) is 0.661. The van der Waals surface area contributed by atoms with Gasteiger partial charge in [-0.1, -0.05) is 60.7 Å².